The fourth-order valence-corrected chi connectivity index (χ4v) is 9.74. The van der Waals surface area contributed by atoms with E-state index >= 15 is 0 Å². The molecule has 0 aliphatic rings. The predicted molar refractivity (Wildman–Crippen MR) is 164 cm³/mol. The summed E-state index contributed by atoms with van der Waals surface area (Å²) in [4.78, 5) is 28.7. The van der Waals surface area contributed by atoms with Gasteiger partial charge in [-0.1, -0.05) is 164 Å². The molecule has 0 N–H and O–H groups in total. The van der Waals surface area contributed by atoms with Crippen LogP contribution in [0.2, 0.25) is 0 Å². The smallest absolute Gasteiger partial charge is 0.204 e. The van der Waals surface area contributed by atoms with Crippen molar-refractivity contribution in [2.24, 2.45) is 0 Å². The van der Waals surface area contributed by atoms with Crippen molar-refractivity contribution >= 4 is 56.7 Å². The molecule has 0 radical (unpaired) electrons. The molecule has 0 saturated carbocycles. The van der Waals surface area contributed by atoms with Crippen LogP contribution < -0.4 is 15.9 Å². The van der Waals surface area contributed by atoms with Crippen molar-refractivity contribution in [2.45, 2.75) is 0 Å². The quantitative estimate of drug-likeness (QED) is 0.135. The van der Waals surface area contributed by atoms with Crippen LogP contribution >= 0.6 is 19.1 Å². The lowest BCUT2D eigenvalue weighted by atomic mass is 10.0. The van der Waals surface area contributed by atoms with Gasteiger partial charge >= 0.3 is 0 Å². The maximum absolute atomic E-state index is 14.6. The first-order chi connectivity index (χ1) is 18.6. The first-order valence-electron chi connectivity index (χ1n) is 12.3. The molecule has 0 spiro atoms. The first-order valence-corrected chi connectivity index (χ1v) is 14.5. The normalized spacial score (nSPS) is 10.9. The summed E-state index contributed by atoms with van der Waals surface area (Å²) in [5.74, 6) is -0.558. The van der Waals surface area contributed by atoms with E-state index in [-0.39, 0.29) is 16.4 Å². The Kier molecular flexibility index (Phi) is 7.70. The van der Waals surface area contributed by atoms with E-state index in [2.05, 4.69) is 0 Å². The number of Topliss-reactive ketones (excluding diaryl/α,β-unsaturated/α-hetero) is 2. The molecule has 5 aromatic rings. The van der Waals surface area contributed by atoms with Crippen LogP contribution in [0.1, 0.15) is 20.7 Å². The molecule has 0 saturated heterocycles. The minimum atomic E-state index is -2.91. The highest BCUT2D eigenvalue weighted by Crippen LogP contribution is 2.47. The van der Waals surface area contributed by atoms with Gasteiger partial charge in [0.05, 0.1) is 10.2 Å². The highest BCUT2D eigenvalue weighted by molar-refractivity contribution is 8.01. The predicted octanol–water partition coefficient (Wildman–Crippen LogP) is 6.29. The van der Waals surface area contributed by atoms with Crippen LogP contribution in [0.4, 0.5) is 0 Å². The van der Waals surface area contributed by atoms with Gasteiger partial charge in [0.1, 0.15) is 0 Å². The summed E-state index contributed by atoms with van der Waals surface area (Å²) in [7, 11) is 0. The third-order valence-electron chi connectivity index (χ3n) is 6.47. The summed E-state index contributed by atoms with van der Waals surface area (Å²) in [6, 6.07) is 48.1. The Balaban J connectivity index is 1.99. The Morgan fingerprint density at radius 1 is 0.421 bits per heavy atom. The van der Waals surface area contributed by atoms with Crippen LogP contribution in [0.3, 0.4) is 0 Å². The Bertz CT molecular complexity index is 1530. The Morgan fingerprint density at radius 2 is 0.711 bits per heavy atom. The van der Waals surface area contributed by atoms with E-state index < -0.39 is 6.89 Å². The van der Waals surface area contributed by atoms with Gasteiger partial charge in [-0.3, -0.25) is 9.59 Å². The topological polar surface area (TPSA) is 34.1 Å². The van der Waals surface area contributed by atoms with Crippen LogP contribution in [0.5, 0.6) is 0 Å². The Hall–Kier alpha value is -4.17. The van der Waals surface area contributed by atoms with E-state index in [0.29, 0.717) is 16.4 Å². The Labute approximate surface area is 228 Å². The fraction of sp³-hybridized carbons (Fsp3) is 0. The number of hydrogen-bond acceptors (Lipinski definition) is 3. The lowest BCUT2D eigenvalue weighted by Crippen LogP contribution is -2.39. The van der Waals surface area contributed by atoms with Crippen molar-refractivity contribution in [3.63, 3.8) is 0 Å². The van der Waals surface area contributed by atoms with Crippen molar-refractivity contribution < 1.29 is 9.59 Å². The average Bonchev–Trinajstić information content (AvgIpc) is 3.01. The molecule has 5 rings (SSSR count). The fourth-order valence-electron chi connectivity index (χ4n) is 4.75. The van der Waals surface area contributed by atoms with Crippen molar-refractivity contribution in [3.8, 4) is 0 Å². The van der Waals surface area contributed by atoms with E-state index in [0.717, 1.165) is 15.9 Å². The summed E-state index contributed by atoms with van der Waals surface area (Å²) in [6.45, 7) is -2.91. The maximum Gasteiger partial charge on any atom is 0.204 e. The molecule has 38 heavy (non-hydrogen) atoms. The van der Waals surface area contributed by atoms with Gasteiger partial charge in [0.15, 0.2) is 5.78 Å². The third-order valence-corrected chi connectivity index (χ3v) is 11.3. The number of carbonyl (C=O) groups is 2. The lowest BCUT2D eigenvalue weighted by molar-refractivity contribution is 0.105. The third kappa shape index (κ3) is 4.75. The van der Waals surface area contributed by atoms with Crippen molar-refractivity contribution in [2.75, 3.05) is 0 Å². The van der Waals surface area contributed by atoms with Crippen LogP contribution in [-0.2, 0) is 0 Å². The minimum Gasteiger partial charge on any atom is -0.288 e. The van der Waals surface area contributed by atoms with Crippen LogP contribution in [0.15, 0.2) is 152 Å². The van der Waals surface area contributed by atoms with E-state index in [1.807, 2.05) is 127 Å². The van der Waals surface area contributed by atoms with Gasteiger partial charge in [0.25, 0.3) is 0 Å². The van der Waals surface area contributed by atoms with E-state index in [4.69, 9.17) is 12.2 Å². The van der Waals surface area contributed by atoms with Crippen molar-refractivity contribution in [1.82, 2.24) is 0 Å². The summed E-state index contributed by atoms with van der Waals surface area (Å²) in [6.07, 6.45) is 0. The number of hydrogen-bond donors (Lipinski definition) is 0. The zero-order valence-corrected chi connectivity index (χ0v) is 22.3. The number of ketones is 2. The van der Waals surface area contributed by atoms with E-state index in [1.54, 1.807) is 24.3 Å². The van der Waals surface area contributed by atoms with Gasteiger partial charge in [-0.15, -0.1) is 0 Å². The highest BCUT2D eigenvalue weighted by Gasteiger charge is 2.37. The number of carbonyl (C=O) groups excluding carboxylic acids is 2. The molecular formula is C34H25O2PS. The van der Waals surface area contributed by atoms with Crippen LogP contribution in [0, 0.1) is 0 Å². The Morgan fingerprint density at radius 3 is 1.05 bits per heavy atom. The summed E-state index contributed by atoms with van der Waals surface area (Å²) in [5, 5.41) is 3.25. The molecule has 0 aromatic heterocycles. The molecule has 0 unspecified atom stereocenters. The molecule has 0 amide bonds. The number of benzene rings is 5. The summed E-state index contributed by atoms with van der Waals surface area (Å²) in [5.41, 5.74) is 0.959. The molecule has 0 heterocycles. The zero-order chi connectivity index (χ0) is 26.4. The van der Waals surface area contributed by atoms with Gasteiger partial charge in [0, 0.05) is 11.1 Å². The molecule has 184 valence electrons. The molecule has 0 aliphatic heterocycles. The average molecular weight is 529 g/mol. The molecule has 2 nitrogen and oxygen atoms in total. The van der Waals surface area contributed by atoms with Gasteiger partial charge in [0.2, 0.25) is 5.78 Å². The van der Waals surface area contributed by atoms with Gasteiger partial charge in [-0.25, -0.2) is 0 Å². The van der Waals surface area contributed by atoms with Gasteiger partial charge in [-0.2, -0.15) is 0 Å². The van der Waals surface area contributed by atoms with Crippen LogP contribution in [0.25, 0.3) is 0 Å². The minimum absolute atomic E-state index is 0.0509. The van der Waals surface area contributed by atoms with E-state index in [1.165, 1.54) is 0 Å². The molecular weight excluding hydrogens is 503 g/mol. The molecule has 0 fully saturated rings. The molecule has 4 heteroatoms. The second-order valence-electron chi connectivity index (χ2n) is 8.75. The molecule has 0 aliphatic carbocycles. The van der Waals surface area contributed by atoms with Crippen molar-refractivity contribution in [1.29, 1.82) is 0 Å². The van der Waals surface area contributed by atoms with Gasteiger partial charge in [-0.05, 0) is 22.8 Å². The monoisotopic (exact) mass is 528 g/mol. The second kappa shape index (κ2) is 11.5. The number of thiocarbonyl (C=S) groups is 1. The summed E-state index contributed by atoms with van der Waals surface area (Å²) < 4.78 is 0. The van der Waals surface area contributed by atoms with Crippen LogP contribution in [-0.4, -0.2) is 21.7 Å². The second-order valence-corrected chi connectivity index (χ2v) is 12.5. The summed E-state index contributed by atoms with van der Waals surface area (Å²) >= 11 is 6.02. The molecule has 0 atom stereocenters. The molecule has 5 aromatic carbocycles. The number of rotatable bonds is 8. The highest BCUT2D eigenvalue weighted by atomic mass is 32.1. The zero-order valence-electron chi connectivity index (χ0n) is 20.6. The lowest BCUT2D eigenvalue weighted by Gasteiger charge is -2.32. The van der Waals surface area contributed by atoms with E-state index in [9.17, 15) is 9.59 Å². The molecule has 0 bridgehead atoms. The standard InChI is InChI=1S/C34H25O2PS/c35-31(26-16-6-1-7-17-26)33(34(38)32(36)27-18-8-2-9-19-27)37(28-20-10-3-11-21-28,29-22-12-4-13-23-29)30-24-14-5-15-25-30/h1-25H. The maximum atomic E-state index is 14.6. The first kappa shape index (κ1) is 25.5. The largest absolute Gasteiger partial charge is 0.288 e. The van der Waals surface area contributed by atoms with Crippen molar-refractivity contribution in [3.05, 3.63) is 163 Å². The van der Waals surface area contributed by atoms with Gasteiger partial charge < -0.3 is 0 Å². The SMILES string of the molecule is O=C(C(=S)C(C(=O)c1ccccc1)=P(c1ccccc1)(c1ccccc1)c1ccccc1)c1ccccc1.